The molecule has 5 heteroatoms. The summed E-state index contributed by atoms with van der Waals surface area (Å²) in [5, 5.41) is 0.503. The second kappa shape index (κ2) is 3.47. The van der Waals surface area contributed by atoms with Crippen LogP contribution in [-0.2, 0) is 4.74 Å². The van der Waals surface area contributed by atoms with Crippen LogP contribution >= 0.6 is 11.6 Å². The first-order chi connectivity index (χ1) is 7.34. The number of aromatic nitrogens is 3. The molecule has 15 heavy (non-hydrogen) atoms. The average molecular weight is 224 g/mol. The summed E-state index contributed by atoms with van der Waals surface area (Å²) in [6.45, 7) is 1.58. The summed E-state index contributed by atoms with van der Waals surface area (Å²) < 4.78 is 7.48. The molecule has 0 unspecified atom stereocenters. The summed E-state index contributed by atoms with van der Waals surface area (Å²) >= 11 is 5.87. The molecule has 0 aliphatic carbocycles. The smallest absolute Gasteiger partial charge is 0.131 e. The van der Waals surface area contributed by atoms with E-state index in [0.717, 1.165) is 30.7 Å². The molecule has 1 aliphatic rings. The van der Waals surface area contributed by atoms with Crippen LogP contribution in [0.5, 0.6) is 0 Å². The van der Waals surface area contributed by atoms with E-state index in [-0.39, 0.29) is 0 Å². The number of rotatable bonds is 1. The molecule has 0 aromatic carbocycles. The lowest BCUT2D eigenvalue weighted by molar-refractivity contribution is 0.187. The third kappa shape index (κ3) is 1.50. The minimum absolute atomic E-state index is 0.383. The van der Waals surface area contributed by atoms with Crippen LogP contribution in [0.15, 0.2) is 18.6 Å². The van der Waals surface area contributed by atoms with Gasteiger partial charge in [0.25, 0.3) is 0 Å². The molecule has 0 bridgehead atoms. The van der Waals surface area contributed by atoms with Crippen LogP contribution in [0.1, 0.15) is 12.5 Å². The average Bonchev–Trinajstić information content (AvgIpc) is 2.83. The third-order valence-electron chi connectivity index (χ3n) is 2.73. The fraction of sp³-hybridized carbons (Fsp3) is 0.400. The summed E-state index contributed by atoms with van der Waals surface area (Å²) in [5.41, 5.74) is 1.91. The lowest BCUT2D eigenvalue weighted by Gasteiger charge is -2.10. The van der Waals surface area contributed by atoms with Gasteiger partial charge in [0.05, 0.1) is 30.7 Å². The minimum atomic E-state index is 0.383. The van der Waals surface area contributed by atoms with Gasteiger partial charge in [-0.05, 0) is 6.42 Å². The van der Waals surface area contributed by atoms with Crippen molar-refractivity contribution in [2.75, 3.05) is 13.2 Å². The van der Waals surface area contributed by atoms with Crippen LogP contribution in [-0.4, -0.2) is 27.7 Å². The third-order valence-corrected chi connectivity index (χ3v) is 2.93. The van der Waals surface area contributed by atoms with Crippen LogP contribution in [0.2, 0.25) is 5.15 Å². The Morgan fingerprint density at radius 1 is 1.47 bits per heavy atom. The molecule has 1 aliphatic heterocycles. The monoisotopic (exact) mass is 223 g/mol. The molecule has 0 N–H and O–H groups in total. The van der Waals surface area contributed by atoms with Gasteiger partial charge in [0.2, 0.25) is 0 Å². The number of halogens is 1. The van der Waals surface area contributed by atoms with Crippen LogP contribution in [0.25, 0.3) is 11.0 Å². The van der Waals surface area contributed by atoms with Crippen molar-refractivity contribution in [3.63, 3.8) is 0 Å². The molecule has 2 aromatic heterocycles. The zero-order chi connectivity index (χ0) is 10.3. The highest BCUT2D eigenvalue weighted by Crippen LogP contribution is 2.24. The summed E-state index contributed by atoms with van der Waals surface area (Å²) in [4.78, 5) is 8.30. The van der Waals surface area contributed by atoms with Crippen molar-refractivity contribution in [1.29, 1.82) is 0 Å². The van der Waals surface area contributed by atoms with Crippen LogP contribution < -0.4 is 0 Å². The SMILES string of the molecule is Clc1cc2c(cn1)ncn2[C@@H]1CCOC1. The Hall–Kier alpha value is -1.13. The number of pyridine rings is 1. The first-order valence-corrected chi connectivity index (χ1v) is 5.28. The van der Waals surface area contributed by atoms with Crippen molar-refractivity contribution in [3.05, 3.63) is 23.7 Å². The summed E-state index contributed by atoms with van der Waals surface area (Å²) in [6.07, 6.45) is 4.57. The number of imidazole rings is 1. The minimum Gasteiger partial charge on any atom is -0.379 e. The zero-order valence-corrected chi connectivity index (χ0v) is 8.81. The number of fused-ring (bicyclic) bond motifs is 1. The van der Waals surface area contributed by atoms with Gasteiger partial charge in [0.15, 0.2) is 0 Å². The van der Waals surface area contributed by atoms with Gasteiger partial charge in [0, 0.05) is 12.7 Å². The van der Waals surface area contributed by atoms with E-state index in [0.29, 0.717) is 11.2 Å². The predicted molar refractivity (Wildman–Crippen MR) is 57.0 cm³/mol. The predicted octanol–water partition coefficient (Wildman–Crippen LogP) is 2.05. The summed E-state index contributed by atoms with van der Waals surface area (Å²) in [6, 6.07) is 2.23. The molecule has 3 rings (SSSR count). The lowest BCUT2D eigenvalue weighted by atomic mass is 10.2. The molecule has 1 fully saturated rings. The van der Waals surface area contributed by atoms with E-state index in [1.54, 1.807) is 6.20 Å². The molecule has 0 spiro atoms. The molecule has 0 amide bonds. The van der Waals surface area contributed by atoms with Crippen molar-refractivity contribution in [2.45, 2.75) is 12.5 Å². The number of hydrogen-bond donors (Lipinski definition) is 0. The Bertz CT molecular complexity index is 490. The van der Waals surface area contributed by atoms with Crippen LogP contribution in [0, 0.1) is 0 Å². The molecule has 3 heterocycles. The molecular formula is C10H10ClN3O. The van der Waals surface area contributed by atoms with Crippen molar-refractivity contribution in [2.24, 2.45) is 0 Å². The van der Waals surface area contributed by atoms with E-state index in [9.17, 15) is 0 Å². The van der Waals surface area contributed by atoms with Crippen molar-refractivity contribution in [1.82, 2.24) is 14.5 Å². The van der Waals surface area contributed by atoms with Gasteiger partial charge < -0.3 is 9.30 Å². The van der Waals surface area contributed by atoms with Crippen molar-refractivity contribution in [3.8, 4) is 0 Å². The molecule has 0 saturated carbocycles. The van der Waals surface area contributed by atoms with Crippen molar-refractivity contribution < 1.29 is 4.74 Å². The molecule has 1 atom stereocenters. The Balaban J connectivity index is 2.13. The van der Waals surface area contributed by atoms with E-state index in [1.807, 2.05) is 12.4 Å². The van der Waals surface area contributed by atoms with Crippen molar-refractivity contribution >= 4 is 22.6 Å². The second-order valence-corrected chi connectivity index (χ2v) is 4.05. The molecule has 1 saturated heterocycles. The Morgan fingerprint density at radius 3 is 3.20 bits per heavy atom. The molecular weight excluding hydrogens is 214 g/mol. The van der Waals surface area contributed by atoms with Crippen LogP contribution in [0.4, 0.5) is 0 Å². The van der Waals surface area contributed by atoms with E-state index in [2.05, 4.69) is 14.5 Å². The number of ether oxygens (including phenoxy) is 1. The van der Waals surface area contributed by atoms with Gasteiger partial charge in [-0.2, -0.15) is 0 Å². The lowest BCUT2D eigenvalue weighted by Crippen LogP contribution is -2.06. The van der Waals surface area contributed by atoms with E-state index >= 15 is 0 Å². The second-order valence-electron chi connectivity index (χ2n) is 3.66. The van der Waals surface area contributed by atoms with E-state index in [4.69, 9.17) is 16.3 Å². The highest BCUT2D eigenvalue weighted by molar-refractivity contribution is 6.29. The Labute approximate surface area is 91.8 Å². The van der Waals surface area contributed by atoms with E-state index in [1.165, 1.54) is 0 Å². The maximum Gasteiger partial charge on any atom is 0.131 e. The topological polar surface area (TPSA) is 39.9 Å². The maximum absolute atomic E-state index is 5.87. The zero-order valence-electron chi connectivity index (χ0n) is 8.06. The van der Waals surface area contributed by atoms with Gasteiger partial charge >= 0.3 is 0 Å². The maximum atomic E-state index is 5.87. The van der Waals surface area contributed by atoms with Gasteiger partial charge in [-0.15, -0.1) is 0 Å². The Kier molecular flexibility index (Phi) is 2.11. The van der Waals surface area contributed by atoms with E-state index < -0.39 is 0 Å². The summed E-state index contributed by atoms with van der Waals surface area (Å²) in [7, 11) is 0. The highest BCUT2D eigenvalue weighted by atomic mass is 35.5. The Morgan fingerprint density at radius 2 is 2.40 bits per heavy atom. The largest absolute Gasteiger partial charge is 0.379 e. The normalized spacial score (nSPS) is 21.3. The fourth-order valence-electron chi connectivity index (χ4n) is 1.94. The van der Waals surface area contributed by atoms with Gasteiger partial charge in [0.1, 0.15) is 10.7 Å². The quantitative estimate of drug-likeness (QED) is 0.695. The van der Waals surface area contributed by atoms with Gasteiger partial charge in [-0.25, -0.2) is 9.97 Å². The fourth-order valence-corrected chi connectivity index (χ4v) is 2.09. The number of nitrogens with zero attached hydrogens (tertiary/aromatic N) is 3. The molecule has 4 nitrogen and oxygen atoms in total. The molecule has 0 radical (unpaired) electrons. The summed E-state index contributed by atoms with van der Waals surface area (Å²) in [5.74, 6) is 0. The molecule has 78 valence electrons. The highest BCUT2D eigenvalue weighted by Gasteiger charge is 2.19. The first kappa shape index (κ1) is 9.12. The first-order valence-electron chi connectivity index (χ1n) is 4.90. The van der Waals surface area contributed by atoms with Crippen LogP contribution in [0.3, 0.4) is 0 Å². The number of hydrogen-bond acceptors (Lipinski definition) is 3. The van der Waals surface area contributed by atoms with Gasteiger partial charge in [-0.1, -0.05) is 11.6 Å². The molecule has 2 aromatic rings. The van der Waals surface area contributed by atoms with Gasteiger partial charge in [-0.3, -0.25) is 0 Å². The standard InChI is InChI=1S/C10H10ClN3O/c11-10-3-9-8(4-12-10)13-6-14(9)7-1-2-15-5-7/h3-4,6-7H,1-2,5H2/t7-/m1/s1.